The van der Waals surface area contributed by atoms with E-state index < -0.39 is 0 Å². The Bertz CT molecular complexity index is 258. The van der Waals surface area contributed by atoms with Gasteiger partial charge in [-0.05, 0) is 13.1 Å². The van der Waals surface area contributed by atoms with Gasteiger partial charge in [0.15, 0.2) is 0 Å². The van der Waals surface area contributed by atoms with Gasteiger partial charge in [-0.3, -0.25) is 0 Å². The van der Waals surface area contributed by atoms with E-state index in [0.29, 0.717) is 0 Å². The van der Waals surface area contributed by atoms with Crippen LogP contribution in [0.5, 0.6) is 0 Å². The number of aliphatic hydroxyl groups is 1. The average molecular weight is 214 g/mol. The molecule has 14 heavy (non-hydrogen) atoms. The second kappa shape index (κ2) is 6.11. The Morgan fingerprint density at radius 3 is 2.64 bits per heavy atom. The molecule has 0 spiro atoms. The maximum Gasteiger partial charge on any atom is 0.0941 e. The van der Waals surface area contributed by atoms with Gasteiger partial charge in [-0.2, -0.15) is 0 Å². The molecule has 1 aromatic rings. The number of aromatic nitrogens is 1. The van der Waals surface area contributed by atoms with Crippen LogP contribution >= 0.6 is 11.3 Å². The van der Waals surface area contributed by atoms with Crippen LogP contribution in [0.15, 0.2) is 6.20 Å². The molecule has 1 N–H and O–H groups in total. The number of hydrogen-bond donors (Lipinski definition) is 1. The van der Waals surface area contributed by atoms with Crippen LogP contribution in [0.3, 0.4) is 0 Å². The van der Waals surface area contributed by atoms with Crippen molar-refractivity contribution in [3.05, 3.63) is 16.1 Å². The van der Waals surface area contributed by atoms with Crippen LogP contribution in [0.1, 0.15) is 23.7 Å². The van der Waals surface area contributed by atoms with Crippen molar-refractivity contribution in [1.82, 2.24) is 9.88 Å². The highest BCUT2D eigenvalue weighted by atomic mass is 32.1. The first-order chi connectivity index (χ1) is 6.80. The molecule has 0 saturated heterocycles. The third-order valence-corrected chi connectivity index (χ3v) is 3.34. The standard InChI is InChI=1S/C10H18N2OS/c1-3-12(4-2)6-5-10-11-7-9(8-13)14-10/h7,13H,3-6,8H2,1-2H3. The van der Waals surface area contributed by atoms with Gasteiger partial charge < -0.3 is 10.0 Å². The van der Waals surface area contributed by atoms with Gasteiger partial charge in [0.2, 0.25) is 0 Å². The molecule has 0 bridgehead atoms. The summed E-state index contributed by atoms with van der Waals surface area (Å²) < 4.78 is 0. The van der Waals surface area contributed by atoms with E-state index >= 15 is 0 Å². The fourth-order valence-electron chi connectivity index (χ4n) is 1.33. The third-order valence-electron chi connectivity index (χ3n) is 2.29. The van der Waals surface area contributed by atoms with Crippen molar-refractivity contribution in [1.29, 1.82) is 0 Å². The molecule has 0 amide bonds. The molecule has 0 aliphatic carbocycles. The van der Waals surface area contributed by atoms with Gasteiger partial charge in [0.1, 0.15) is 0 Å². The van der Waals surface area contributed by atoms with Crippen LogP contribution < -0.4 is 0 Å². The summed E-state index contributed by atoms with van der Waals surface area (Å²) in [6.07, 6.45) is 2.76. The summed E-state index contributed by atoms with van der Waals surface area (Å²) >= 11 is 1.61. The first-order valence-corrected chi connectivity index (χ1v) is 5.88. The summed E-state index contributed by atoms with van der Waals surface area (Å²) in [5.41, 5.74) is 0. The van der Waals surface area contributed by atoms with Crippen molar-refractivity contribution < 1.29 is 5.11 Å². The molecule has 80 valence electrons. The molecular weight excluding hydrogens is 196 g/mol. The van der Waals surface area contributed by atoms with Gasteiger partial charge in [0, 0.05) is 19.2 Å². The minimum Gasteiger partial charge on any atom is -0.391 e. The van der Waals surface area contributed by atoms with Crippen LogP contribution in [0.2, 0.25) is 0 Å². The van der Waals surface area contributed by atoms with Crippen molar-refractivity contribution in [2.24, 2.45) is 0 Å². The number of likely N-dealkylation sites (N-methyl/N-ethyl adjacent to an activating group) is 1. The van der Waals surface area contributed by atoms with Crippen molar-refractivity contribution in [3.8, 4) is 0 Å². The Hall–Kier alpha value is -0.450. The molecule has 1 rings (SSSR count). The predicted molar refractivity (Wildman–Crippen MR) is 59.5 cm³/mol. The highest BCUT2D eigenvalue weighted by molar-refractivity contribution is 7.11. The van der Waals surface area contributed by atoms with E-state index in [0.717, 1.165) is 35.9 Å². The van der Waals surface area contributed by atoms with Crippen LogP contribution in [-0.2, 0) is 13.0 Å². The molecule has 0 radical (unpaired) electrons. The summed E-state index contributed by atoms with van der Waals surface area (Å²) in [6.45, 7) is 7.70. The zero-order chi connectivity index (χ0) is 10.4. The maximum atomic E-state index is 8.88. The second-order valence-corrected chi connectivity index (χ2v) is 4.36. The highest BCUT2D eigenvalue weighted by Crippen LogP contribution is 2.13. The van der Waals surface area contributed by atoms with E-state index in [4.69, 9.17) is 5.11 Å². The van der Waals surface area contributed by atoms with Crippen LogP contribution in [0, 0.1) is 0 Å². The first-order valence-electron chi connectivity index (χ1n) is 5.06. The molecule has 0 atom stereocenters. The quantitative estimate of drug-likeness (QED) is 0.780. The fraction of sp³-hybridized carbons (Fsp3) is 0.700. The summed E-state index contributed by atoms with van der Waals surface area (Å²) in [4.78, 5) is 7.59. The van der Waals surface area contributed by atoms with E-state index in [1.165, 1.54) is 0 Å². The number of thiazole rings is 1. The fourth-order valence-corrected chi connectivity index (χ4v) is 2.10. The van der Waals surface area contributed by atoms with Gasteiger partial charge in [-0.15, -0.1) is 11.3 Å². The SMILES string of the molecule is CCN(CC)CCc1ncc(CO)s1. The summed E-state index contributed by atoms with van der Waals surface area (Å²) in [5.74, 6) is 0. The van der Waals surface area contributed by atoms with E-state index in [2.05, 4.69) is 23.7 Å². The predicted octanol–water partition coefficient (Wildman–Crippen LogP) is 1.52. The Morgan fingerprint density at radius 1 is 1.43 bits per heavy atom. The number of hydrogen-bond acceptors (Lipinski definition) is 4. The molecule has 0 saturated carbocycles. The third kappa shape index (κ3) is 3.36. The summed E-state index contributed by atoms with van der Waals surface area (Å²) in [5, 5.41) is 10.0. The normalized spacial score (nSPS) is 11.1. The Kier molecular flexibility index (Phi) is 5.07. The molecular formula is C10H18N2OS. The molecule has 1 aromatic heterocycles. The van der Waals surface area contributed by atoms with E-state index in [1.807, 2.05) is 0 Å². The zero-order valence-electron chi connectivity index (χ0n) is 8.86. The van der Waals surface area contributed by atoms with Crippen molar-refractivity contribution in [2.45, 2.75) is 26.9 Å². The van der Waals surface area contributed by atoms with Gasteiger partial charge in [0.05, 0.1) is 16.5 Å². The molecule has 0 aliphatic rings. The first kappa shape index (κ1) is 11.6. The lowest BCUT2D eigenvalue weighted by Gasteiger charge is -2.16. The van der Waals surface area contributed by atoms with E-state index in [1.54, 1.807) is 17.5 Å². The van der Waals surface area contributed by atoms with E-state index in [9.17, 15) is 0 Å². The minimum absolute atomic E-state index is 0.114. The van der Waals surface area contributed by atoms with Gasteiger partial charge >= 0.3 is 0 Å². The molecule has 3 nitrogen and oxygen atoms in total. The average Bonchev–Trinajstić information content (AvgIpc) is 2.67. The molecule has 0 fully saturated rings. The van der Waals surface area contributed by atoms with Crippen LogP contribution in [-0.4, -0.2) is 34.6 Å². The zero-order valence-corrected chi connectivity index (χ0v) is 9.68. The topological polar surface area (TPSA) is 36.4 Å². The highest BCUT2D eigenvalue weighted by Gasteiger charge is 2.03. The smallest absolute Gasteiger partial charge is 0.0941 e. The maximum absolute atomic E-state index is 8.88. The summed E-state index contributed by atoms with van der Waals surface area (Å²) in [6, 6.07) is 0. The lowest BCUT2D eigenvalue weighted by molar-refractivity contribution is 0.285. The Labute approximate surface area is 89.4 Å². The van der Waals surface area contributed by atoms with Gasteiger partial charge in [-0.1, -0.05) is 13.8 Å². The van der Waals surface area contributed by atoms with Crippen molar-refractivity contribution in [2.75, 3.05) is 19.6 Å². The largest absolute Gasteiger partial charge is 0.391 e. The molecule has 0 aromatic carbocycles. The Morgan fingerprint density at radius 2 is 2.14 bits per heavy atom. The lowest BCUT2D eigenvalue weighted by Crippen LogP contribution is -2.25. The molecule has 0 unspecified atom stereocenters. The number of aliphatic hydroxyl groups excluding tert-OH is 1. The van der Waals surface area contributed by atoms with Gasteiger partial charge in [-0.25, -0.2) is 4.98 Å². The molecule has 1 heterocycles. The Balaban J connectivity index is 2.37. The second-order valence-electron chi connectivity index (χ2n) is 3.16. The van der Waals surface area contributed by atoms with Crippen LogP contribution in [0.4, 0.5) is 0 Å². The van der Waals surface area contributed by atoms with Crippen molar-refractivity contribution in [3.63, 3.8) is 0 Å². The van der Waals surface area contributed by atoms with Crippen molar-refractivity contribution >= 4 is 11.3 Å². The molecule has 4 heteroatoms. The molecule has 0 aliphatic heterocycles. The number of rotatable bonds is 6. The number of nitrogens with zero attached hydrogens (tertiary/aromatic N) is 2. The lowest BCUT2D eigenvalue weighted by atomic mass is 10.4. The summed E-state index contributed by atoms with van der Waals surface area (Å²) in [7, 11) is 0. The van der Waals surface area contributed by atoms with E-state index in [-0.39, 0.29) is 6.61 Å². The minimum atomic E-state index is 0.114. The van der Waals surface area contributed by atoms with Gasteiger partial charge in [0.25, 0.3) is 0 Å². The monoisotopic (exact) mass is 214 g/mol. The van der Waals surface area contributed by atoms with Crippen LogP contribution in [0.25, 0.3) is 0 Å².